The molecule has 0 saturated heterocycles. The van der Waals surface area contributed by atoms with Crippen LogP contribution in [0.1, 0.15) is 71.3 Å². The van der Waals surface area contributed by atoms with Crippen LogP contribution in [0.5, 0.6) is 11.5 Å². The summed E-state index contributed by atoms with van der Waals surface area (Å²) in [5.41, 5.74) is 1.57. The molecule has 1 aliphatic carbocycles. The highest BCUT2D eigenvalue weighted by molar-refractivity contribution is 7.17. The first-order valence-electron chi connectivity index (χ1n) is 12.0. The summed E-state index contributed by atoms with van der Waals surface area (Å²) >= 11 is 1.28. The highest BCUT2D eigenvalue weighted by Crippen LogP contribution is 2.45. The van der Waals surface area contributed by atoms with E-state index in [9.17, 15) is 14.4 Å². The average Bonchev–Trinajstić information content (AvgIpc) is 3.45. The highest BCUT2D eigenvalue weighted by atomic mass is 32.1. The molecule has 0 bridgehead atoms. The SMILES string of the molecule is CCCCCCOc1ccc(/C=C\C(=O)Nc2sc3c(c2C(=O)OC)[C@@H](C(=O)OC)CC3)cc1OC. The molecule has 36 heavy (non-hydrogen) atoms. The number of hydrogen-bond donors (Lipinski definition) is 1. The van der Waals surface area contributed by atoms with Crippen molar-refractivity contribution in [1.29, 1.82) is 0 Å². The summed E-state index contributed by atoms with van der Waals surface area (Å²) in [4.78, 5) is 38.3. The Morgan fingerprint density at radius 2 is 1.89 bits per heavy atom. The lowest BCUT2D eigenvalue weighted by Crippen LogP contribution is -2.16. The number of esters is 2. The van der Waals surface area contributed by atoms with E-state index in [1.165, 1.54) is 44.5 Å². The van der Waals surface area contributed by atoms with E-state index in [-0.39, 0.29) is 5.56 Å². The molecule has 0 saturated carbocycles. The Labute approximate surface area is 215 Å². The van der Waals surface area contributed by atoms with Crippen molar-refractivity contribution in [3.05, 3.63) is 45.8 Å². The molecule has 1 atom stereocenters. The zero-order chi connectivity index (χ0) is 26.1. The number of rotatable bonds is 12. The lowest BCUT2D eigenvalue weighted by Gasteiger charge is -2.11. The molecule has 0 unspecified atom stereocenters. The van der Waals surface area contributed by atoms with Gasteiger partial charge >= 0.3 is 11.9 Å². The fraction of sp³-hybridized carbons (Fsp3) is 0.444. The van der Waals surface area contributed by atoms with Gasteiger partial charge in [-0.1, -0.05) is 32.3 Å². The quantitative estimate of drug-likeness (QED) is 0.231. The van der Waals surface area contributed by atoms with Crippen molar-refractivity contribution in [1.82, 2.24) is 0 Å². The molecule has 8 nitrogen and oxygen atoms in total. The molecule has 1 amide bonds. The van der Waals surface area contributed by atoms with Crippen LogP contribution in [0.4, 0.5) is 5.00 Å². The molecular formula is C27H33NO7S. The standard InChI is InChI=1S/C27H33NO7S/c1-5-6-7-8-15-35-19-12-9-17(16-20(19)32-2)10-14-22(29)28-25-24(27(31)34-4)23-18(26(30)33-3)11-13-21(23)36-25/h9-10,12,14,16,18H,5-8,11,13,15H2,1-4H3,(H,28,29)/b14-10-/t18-/m0/s1. The molecule has 3 rings (SSSR count). The minimum Gasteiger partial charge on any atom is -0.493 e. The summed E-state index contributed by atoms with van der Waals surface area (Å²) in [6.07, 6.45) is 8.69. The first-order valence-corrected chi connectivity index (χ1v) is 12.9. The molecule has 194 valence electrons. The number of unbranched alkanes of at least 4 members (excludes halogenated alkanes) is 3. The molecule has 2 aromatic rings. The molecular weight excluding hydrogens is 482 g/mol. The van der Waals surface area contributed by atoms with Gasteiger partial charge in [0.05, 0.1) is 39.4 Å². The summed E-state index contributed by atoms with van der Waals surface area (Å²) in [5, 5.41) is 3.13. The molecule has 0 radical (unpaired) electrons. The number of anilines is 1. The number of benzene rings is 1. The third kappa shape index (κ3) is 6.46. The van der Waals surface area contributed by atoms with Crippen molar-refractivity contribution in [3.63, 3.8) is 0 Å². The molecule has 1 N–H and O–H groups in total. The third-order valence-corrected chi connectivity index (χ3v) is 7.19. The van der Waals surface area contributed by atoms with Gasteiger partial charge in [0, 0.05) is 11.0 Å². The topological polar surface area (TPSA) is 100 Å². The number of carbonyl (C=O) groups is 3. The Morgan fingerprint density at radius 3 is 2.58 bits per heavy atom. The van der Waals surface area contributed by atoms with Crippen LogP contribution < -0.4 is 14.8 Å². The maximum atomic E-state index is 12.7. The molecule has 0 fully saturated rings. The zero-order valence-corrected chi connectivity index (χ0v) is 22.0. The maximum Gasteiger partial charge on any atom is 0.341 e. The van der Waals surface area contributed by atoms with Gasteiger partial charge in [0.15, 0.2) is 11.5 Å². The predicted molar refractivity (Wildman–Crippen MR) is 139 cm³/mol. The van der Waals surface area contributed by atoms with Gasteiger partial charge in [0.2, 0.25) is 5.91 Å². The van der Waals surface area contributed by atoms with Gasteiger partial charge in [-0.15, -0.1) is 11.3 Å². The zero-order valence-electron chi connectivity index (χ0n) is 21.2. The molecule has 1 aromatic carbocycles. The second kappa shape index (κ2) is 13.1. The molecule has 9 heteroatoms. The van der Waals surface area contributed by atoms with E-state index in [0.29, 0.717) is 41.5 Å². The maximum absolute atomic E-state index is 12.7. The molecule has 0 spiro atoms. The van der Waals surface area contributed by atoms with E-state index in [0.717, 1.165) is 23.3 Å². The van der Waals surface area contributed by atoms with Crippen LogP contribution in [0.25, 0.3) is 6.08 Å². The molecule has 1 aliphatic rings. The lowest BCUT2D eigenvalue weighted by atomic mass is 9.99. The van der Waals surface area contributed by atoms with Gasteiger partial charge in [-0.25, -0.2) is 4.79 Å². The summed E-state index contributed by atoms with van der Waals surface area (Å²) in [5.74, 6) is -0.716. The molecule has 1 aromatic heterocycles. The Bertz CT molecular complexity index is 1120. The fourth-order valence-electron chi connectivity index (χ4n) is 4.18. The van der Waals surface area contributed by atoms with Crippen LogP contribution in [0, 0.1) is 0 Å². The van der Waals surface area contributed by atoms with Gasteiger partial charge in [-0.2, -0.15) is 0 Å². The number of thiophene rings is 1. The number of aryl methyl sites for hydroxylation is 1. The van der Waals surface area contributed by atoms with Crippen molar-refractivity contribution in [2.24, 2.45) is 0 Å². The van der Waals surface area contributed by atoms with Gasteiger partial charge in [0.1, 0.15) is 5.00 Å². The van der Waals surface area contributed by atoms with Crippen molar-refractivity contribution in [2.75, 3.05) is 33.3 Å². The second-order valence-electron chi connectivity index (χ2n) is 8.39. The molecule has 1 heterocycles. The minimum atomic E-state index is -0.599. The first kappa shape index (κ1) is 27.3. The third-order valence-electron chi connectivity index (χ3n) is 6.01. The summed E-state index contributed by atoms with van der Waals surface area (Å²) in [6, 6.07) is 5.46. The van der Waals surface area contributed by atoms with E-state index >= 15 is 0 Å². The van der Waals surface area contributed by atoms with E-state index in [1.54, 1.807) is 19.3 Å². The van der Waals surface area contributed by atoms with Gasteiger partial charge in [0.25, 0.3) is 0 Å². The number of hydrogen-bond acceptors (Lipinski definition) is 8. The molecule has 0 aliphatic heterocycles. The Kier molecular flexibility index (Phi) is 9.93. The highest BCUT2D eigenvalue weighted by Gasteiger charge is 2.38. The Hall–Kier alpha value is -3.33. The number of fused-ring (bicyclic) bond motifs is 1. The monoisotopic (exact) mass is 515 g/mol. The van der Waals surface area contributed by atoms with Crippen LogP contribution in [-0.2, 0) is 25.5 Å². The van der Waals surface area contributed by atoms with Crippen LogP contribution in [0.15, 0.2) is 24.3 Å². The van der Waals surface area contributed by atoms with Crippen molar-refractivity contribution in [2.45, 2.75) is 51.4 Å². The van der Waals surface area contributed by atoms with E-state index in [2.05, 4.69) is 12.2 Å². The minimum absolute atomic E-state index is 0.217. The van der Waals surface area contributed by atoms with Gasteiger partial charge in [-0.05, 0) is 48.6 Å². The van der Waals surface area contributed by atoms with E-state index in [1.807, 2.05) is 12.1 Å². The number of nitrogens with one attached hydrogen (secondary N) is 1. The van der Waals surface area contributed by atoms with Crippen molar-refractivity contribution in [3.8, 4) is 11.5 Å². The van der Waals surface area contributed by atoms with Crippen LogP contribution in [0.2, 0.25) is 0 Å². The smallest absolute Gasteiger partial charge is 0.341 e. The van der Waals surface area contributed by atoms with E-state index < -0.39 is 23.8 Å². The number of amides is 1. The first-order chi connectivity index (χ1) is 17.4. The van der Waals surface area contributed by atoms with Crippen molar-refractivity contribution >= 4 is 40.3 Å². The summed E-state index contributed by atoms with van der Waals surface area (Å²) in [6.45, 7) is 2.79. The predicted octanol–water partition coefficient (Wildman–Crippen LogP) is 5.36. The Balaban J connectivity index is 1.71. The lowest BCUT2D eigenvalue weighted by molar-refractivity contribution is -0.142. The van der Waals surface area contributed by atoms with Crippen LogP contribution >= 0.6 is 11.3 Å². The second-order valence-corrected chi connectivity index (χ2v) is 9.50. The fourth-order valence-corrected chi connectivity index (χ4v) is 5.45. The number of methoxy groups -OCH3 is 3. The van der Waals surface area contributed by atoms with Gasteiger partial charge in [-0.3, -0.25) is 9.59 Å². The van der Waals surface area contributed by atoms with Crippen LogP contribution in [0.3, 0.4) is 0 Å². The Morgan fingerprint density at radius 1 is 1.08 bits per heavy atom. The largest absolute Gasteiger partial charge is 0.493 e. The number of ether oxygens (including phenoxy) is 4. The van der Waals surface area contributed by atoms with Gasteiger partial charge < -0.3 is 24.3 Å². The van der Waals surface area contributed by atoms with Crippen LogP contribution in [-0.4, -0.2) is 45.8 Å². The summed E-state index contributed by atoms with van der Waals surface area (Å²) in [7, 11) is 4.16. The van der Waals surface area contributed by atoms with Crippen molar-refractivity contribution < 1.29 is 33.3 Å². The van der Waals surface area contributed by atoms with E-state index in [4.69, 9.17) is 18.9 Å². The number of carbonyl (C=O) groups excluding carboxylic acids is 3. The average molecular weight is 516 g/mol. The normalized spacial score (nSPS) is 14.4. The summed E-state index contributed by atoms with van der Waals surface area (Å²) < 4.78 is 21.1.